The molecular formula is C17H27NO5S. The van der Waals surface area contributed by atoms with E-state index >= 15 is 0 Å². The summed E-state index contributed by atoms with van der Waals surface area (Å²) in [5.41, 5.74) is 0.476. The zero-order valence-corrected chi connectivity index (χ0v) is 15.6. The van der Waals surface area contributed by atoms with Crippen LogP contribution in [0.25, 0.3) is 0 Å². The SMILES string of the molecule is CCCCN(CCCC)c1cc(C(=O)O)cc(S(C)(=O)=O)c1OC. The Morgan fingerprint density at radius 2 is 1.71 bits per heavy atom. The summed E-state index contributed by atoms with van der Waals surface area (Å²) >= 11 is 0. The molecule has 0 saturated carbocycles. The fourth-order valence-corrected chi connectivity index (χ4v) is 3.34. The predicted octanol–water partition coefficient (Wildman–Crippen LogP) is 3.20. The average Bonchev–Trinajstić information content (AvgIpc) is 2.52. The molecule has 1 aromatic rings. The highest BCUT2D eigenvalue weighted by molar-refractivity contribution is 7.90. The van der Waals surface area contributed by atoms with E-state index in [1.807, 2.05) is 4.90 Å². The Kier molecular flexibility index (Phi) is 7.54. The van der Waals surface area contributed by atoms with Gasteiger partial charge in [-0.2, -0.15) is 0 Å². The molecule has 0 aliphatic carbocycles. The topological polar surface area (TPSA) is 83.9 Å². The Hall–Kier alpha value is -1.76. The Labute approximate surface area is 144 Å². The number of sulfone groups is 1. The smallest absolute Gasteiger partial charge is 0.335 e. The number of methoxy groups -OCH3 is 1. The Morgan fingerprint density at radius 1 is 1.17 bits per heavy atom. The third-order valence-corrected chi connectivity index (χ3v) is 4.89. The van der Waals surface area contributed by atoms with Crippen LogP contribution in [-0.2, 0) is 9.84 Å². The van der Waals surface area contributed by atoms with Crippen molar-refractivity contribution in [3.05, 3.63) is 17.7 Å². The molecule has 0 unspecified atom stereocenters. The lowest BCUT2D eigenvalue weighted by atomic mass is 10.1. The minimum atomic E-state index is -3.61. The molecule has 0 aliphatic rings. The largest absolute Gasteiger partial charge is 0.493 e. The van der Waals surface area contributed by atoms with Crippen molar-refractivity contribution in [2.75, 3.05) is 31.4 Å². The lowest BCUT2D eigenvalue weighted by molar-refractivity contribution is 0.0696. The van der Waals surface area contributed by atoms with Crippen LogP contribution in [0, 0.1) is 0 Å². The van der Waals surface area contributed by atoms with Crippen LogP contribution in [0.3, 0.4) is 0 Å². The van der Waals surface area contributed by atoms with E-state index in [4.69, 9.17) is 4.74 Å². The van der Waals surface area contributed by atoms with Crippen molar-refractivity contribution in [3.63, 3.8) is 0 Å². The first kappa shape index (κ1) is 20.3. The number of anilines is 1. The molecule has 0 aromatic heterocycles. The summed E-state index contributed by atoms with van der Waals surface area (Å²) in [4.78, 5) is 13.4. The first-order valence-electron chi connectivity index (χ1n) is 8.16. The van der Waals surface area contributed by atoms with E-state index in [2.05, 4.69) is 13.8 Å². The molecule has 0 fully saturated rings. The van der Waals surface area contributed by atoms with E-state index in [0.717, 1.165) is 51.1 Å². The number of hydrogen-bond donors (Lipinski definition) is 1. The number of nitrogens with zero attached hydrogens (tertiary/aromatic N) is 1. The van der Waals surface area contributed by atoms with Crippen LogP contribution < -0.4 is 9.64 Å². The lowest BCUT2D eigenvalue weighted by Gasteiger charge is -2.27. The highest BCUT2D eigenvalue weighted by Gasteiger charge is 2.24. The maximum Gasteiger partial charge on any atom is 0.335 e. The minimum Gasteiger partial charge on any atom is -0.493 e. The second-order valence-electron chi connectivity index (χ2n) is 5.80. The maximum absolute atomic E-state index is 12.1. The van der Waals surface area contributed by atoms with Gasteiger partial charge in [-0.05, 0) is 25.0 Å². The van der Waals surface area contributed by atoms with Gasteiger partial charge in [0.15, 0.2) is 15.6 Å². The molecule has 1 aromatic carbocycles. The summed E-state index contributed by atoms with van der Waals surface area (Å²) in [6, 6.07) is 2.67. The Bertz CT molecular complexity index is 662. The van der Waals surface area contributed by atoms with Gasteiger partial charge in [0.25, 0.3) is 0 Å². The minimum absolute atomic E-state index is 0.0516. The van der Waals surface area contributed by atoms with Crippen LogP contribution in [-0.4, -0.2) is 45.9 Å². The van der Waals surface area contributed by atoms with Gasteiger partial charge in [-0.15, -0.1) is 0 Å². The van der Waals surface area contributed by atoms with Crippen molar-refractivity contribution in [3.8, 4) is 5.75 Å². The number of carbonyl (C=O) groups is 1. The number of aromatic carboxylic acids is 1. The van der Waals surface area contributed by atoms with Crippen LogP contribution in [0.5, 0.6) is 5.75 Å². The number of ether oxygens (including phenoxy) is 1. The monoisotopic (exact) mass is 357 g/mol. The summed E-state index contributed by atoms with van der Waals surface area (Å²) < 4.78 is 29.6. The normalized spacial score (nSPS) is 11.3. The highest BCUT2D eigenvalue weighted by Crippen LogP contribution is 2.37. The molecule has 1 N–H and O–H groups in total. The van der Waals surface area contributed by atoms with Gasteiger partial charge in [0.1, 0.15) is 4.90 Å². The molecule has 1 rings (SSSR count). The summed E-state index contributed by atoms with van der Waals surface area (Å²) in [5.74, 6) is -0.940. The van der Waals surface area contributed by atoms with Crippen LogP contribution >= 0.6 is 0 Å². The quantitative estimate of drug-likeness (QED) is 0.692. The molecule has 0 bridgehead atoms. The number of carboxylic acids is 1. The van der Waals surface area contributed by atoms with Crippen LogP contribution in [0.15, 0.2) is 17.0 Å². The number of rotatable bonds is 10. The van der Waals surface area contributed by atoms with Crippen LogP contribution in [0.1, 0.15) is 49.9 Å². The molecule has 0 aliphatic heterocycles. The molecule has 7 heteroatoms. The summed E-state index contributed by atoms with van der Waals surface area (Å²) in [6.45, 7) is 5.59. The molecule has 0 spiro atoms. The van der Waals surface area contributed by atoms with Crippen molar-refractivity contribution in [1.82, 2.24) is 0 Å². The van der Waals surface area contributed by atoms with Crippen molar-refractivity contribution < 1.29 is 23.1 Å². The van der Waals surface area contributed by atoms with E-state index in [1.165, 1.54) is 13.2 Å². The average molecular weight is 357 g/mol. The van der Waals surface area contributed by atoms with E-state index < -0.39 is 15.8 Å². The second kappa shape index (κ2) is 8.92. The number of unbranched alkanes of at least 4 members (excludes halogenated alkanes) is 2. The number of hydrogen-bond acceptors (Lipinski definition) is 5. The maximum atomic E-state index is 12.1. The molecule has 0 atom stereocenters. The predicted molar refractivity (Wildman–Crippen MR) is 95.1 cm³/mol. The molecule has 136 valence electrons. The van der Waals surface area contributed by atoms with Gasteiger partial charge in [0.05, 0.1) is 18.4 Å². The van der Waals surface area contributed by atoms with E-state index in [-0.39, 0.29) is 16.2 Å². The zero-order chi connectivity index (χ0) is 18.3. The summed E-state index contributed by atoms with van der Waals surface area (Å²) in [7, 11) is -2.21. The van der Waals surface area contributed by atoms with Gasteiger partial charge in [-0.3, -0.25) is 0 Å². The zero-order valence-electron chi connectivity index (χ0n) is 14.8. The van der Waals surface area contributed by atoms with Gasteiger partial charge in [0.2, 0.25) is 0 Å². The van der Waals surface area contributed by atoms with Gasteiger partial charge in [-0.1, -0.05) is 26.7 Å². The van der Waals surface area contributed by atoms with Crippen molar-refractivity contribution in [2.24, 2.45) is 0 Å². The second-order valence-corrected chi connectivity index (χ2v) is 7.78. The van der Waals surface area contributed by atoms with Gasteiger partial charge in [-0.25, -0.2) is 13.2 Å². The fraction of sp³-hybridized carbons (Fsp3) is 0.588. The van der Waals surface area contributed by atoms with Crippen LogP contribution in [0.4, 0.5) is 5.69 Å². The van der Waals surface area contributed by atoms with Crippen molar-refractivity contribution >= 4 is 21.5 Å². The summed E-state index contributed by atoms with van der Waals surface area (Å²) in [6.07, 6.45) is 4.89. The van der Waals surface area contributed by atoms with Gasteiger partial charge >= 0.3 is 5.97 Å². The molecular weight excluding hydrogens is 330 g/mol. The lowest BCUT2D eigenvalue weighted by Crippen LogP contribution is -2.27. The summed E-state index contributed by atoms with van der Waals surface area (Å²) in [5, 5.41) is 9.34. The number of benzene rings is 1. The van der Waals surface area contributed by atoms with Crippen molar-refractivity contribution in [2.45, 2.75) is 44.4 Å². The van der Waals surface area contributed by atoms with Crippen LogP contribution in [0.2, 0.25) is 0 Å². The molecule has 24 heavy (non-hydrogen) atoms. The molecule has 0 heterocycles. The first-order valence-corrected chi connectivity index (χ1v) is 10.1. The molecule has 0 radical (unpaired) electrons. The molecule has 0 saturated heterocycles. The third-order valence-electron chi connectivity index (χ3n) is 3.79. The van der Waals surface area contributed by atoms with Gasteiger partial charge < -0.3 is 14.7 Å². The fourth-order valence-electron chi connectivity index (χ4n) is 2.48. The first-order chi connectivity index (χ1) is 11.3. The highest BCUT2D eigenvalue weighted by atomic mass is 32.2. The van der Waals surface area contributed by atoms with Crippen molar-refractivity contribution in [1.29, 1.82) is 0 Å². The third kappa shape index (κ3) is 5.12. The van der Waals surface area contributed by atoms with E-state index in [0.29, 0.717) is 5.69 Å². The molecule has 0 amide bonds. The standard InChI is InChI=1S/C17H27NO5S/c1-5-7-9-18(10-8-6-2)14-11-13(17(19)20)12-15(16(14)23-3)24(4,21)22/h11-12H,5-10H2,1-4H3,(H,19,20). The Balaban J connectivity index is 3.55. The number of carboxylic acid groups (broad SMARTS) is 1. The Morgan fingerprint density at radius 3 is 2.08 bits per heavy atom. The van der Waals surface area contributed by atoms with E-state index in [1.54, 1.807) is 0 Å². The van der Waals surface area contributed by atoms with Gasteiger partial charge in [0, 0.05) is 19.3 Å². The molecule has 6 nitrogen and oxygen atoms in total. The van der Waals surface area contributed by atoms with E-state index in [9.17, 15) is 18.3 Å².